The summed E-state index contributed by atoms with van der Waals surface area (Å²) in [5, 5.41) is 0. The lowest BCUT2D eigenvalue weighted by Gasteiger charge is -2.13. The zero-order valence-electron chi connectivity index (χ0n) is 11.2. The monoisotopic (exact) mass is 270 g/mol. The summed E-state index contributed by atoms with van der Waals surface area (Å²) in [5.41, 5.74) is 2.26. The van der Waals surface area contributed by atoms with Crippen LogP contribution in [0.15, 0.2) is 18.2 Å². The third-order valence-corrected chi connectivity index (χ3v) is 3.29. The number of unbranched alkanes of at least 4 members (excludes halogenated alkanes) is 2. The quantitative estimate of drug-likeness (QED) is 0.703. The summed E-state index contributed by atoms with van der Waals surface area (Å²) in [6, 6.07) is 6.11. The zero-order valence-corrected chi connectivity index (χ0v) is 12.1. The minimum Gasteiger partial charge on any atom is -0.427 e. The first kappa shape index (κ1) is 15.4. The van der Waals surface area contributed by atoms with Crippen LogP contribution in [0, 0.1) is 0 Å². The molecule has 1 aromatic carbocycles. The molecule has 2 N–H and O–H groups in total. The van der Waals surface area contributed by atoms with Crippen molar-refractivity contribution in [3.8, 4) is 5.75 Å². The van der Waals surface area contributed by atoms with Crippen molar-refractivity contribution in [2.45, 2.75) is 52.4 Å². The van der Waals surface area contributed by atoms with Gasteiger partial charge < -0.3 is 14.3 Å². The van der Waals surface area contributed by atoms with Crippen molar-refractivity contribution in [3.63, 3.8) is 0 Å². The maximum Gasteiger partial charge on any atom is 0.391 e. The Morgan fingerprint density at radius 3 is 2.33 bits per heavy atom. The third-order valence-electron chi connectivity index (χ3n) is 2.93. The first-order chi connectivity index (χ1) is 8.67. The van der Waals surface area contributed by atoms with Gasteiger partial charge in [-0.1, -0.05) is 38.8 Å². The van der Waals surface area contributed by atoms with Gasteiger partial charge in [-0.2, -0.15) is 0 Å². The summed E-state index contributed by atoms with van der Waals surface area (Å²) in [5.74, 6) is 0.633. The molecule has 0 unspecified atom stereocenters. The standard InChI is InChI=1S/C14H23O3P/c1-3-5-7-12-9-10-13(8-6-4-2)14(11-12)17-18(15)16/h9-11,15-16H,3-8H2,1-2H3. The Morgan fingerprint density at radius 2 is 1.72 bits per heavy atom. The second-order valence-electron chi connectivity index (χ2n) is 4.49. The van der Waals surface area contributed by atoms with E-state index >= 15 is 0 Å². The van der Waals surface area contributed by atoms with Gasteiger partial charge in [0.1, 0.15) is 5.75 Å². The van der Waals surface area contributed by atoms with Gasteiger partial charge in [0.05, 0.1) is 0 Å². The van der Waals surface area contributed by atoms with Gasteiger partial charge in [0.2, 0.25) is 0 Å². The molecule has 0 atom stereocenters. The molecule has 0 saturated heterocycles. The van der Waals surface area contributed by atoms with E-state index in [4.69, 9.17) is 14.3 Å². The van der Waals surface area contributed by atoms with Crippen LogP contribution in [-0.4, -0.2) is 9.79 Å². The summed E-state index contributed by atoms with van der Waals surface area (Å²) < 4.78 is 5.14. The maximum absolute atomic E-state index is 9.02. The first-order valence-corrected chi connectivity index (χ1v) is 7.81. The number of hydrogen-bond donors (Lipinski definition) is 2. The molecule has 0 heterocycles. The van der Waals surface area contributed by atoms with Crippen molar-refractivity contribution in [1.82, 2.24) is 0 Å². The lowest BCUT2D eigenvalue weighted by molar-refractivity contribution is 0.373. The van der Waals surface area contributed by atoms with E-state index in [0.29, 0.717) is 5.75 Å². The Hall–Kier alpha value is -0.630. The summed E-state index contributed by atoms with van der Waals surface area (Å²) in [4.78, 5) is 18.0. The first-order valence-electron chi connectivity index (χ1n) is 6.65. The van der Waals surface area contributed by atoms with Crippen LogP contribution in [0.3, 0.4) is 0 Å². The van der Waals surface area contributed by atoms with Gasteiger partial charge >= 0.3 is 8.60 Å². The fourth-order valence-electron chi connectivity index (χ4n) is 1.88. The molecule has 102 valence electrons. The van der Waals surface area contributed by atoms with E-state index < -0.39 is 8.60 Å². The molecule has 0 bridgehead atoms. The van der Waals surface area contributed by atoms with Gasteiger partial charge in [-0.05, 0) is 42.9 Å². The Morgan fingerprint density at radius 1 is 1.06 bits per heavy atom. The van der Waals surface area contributed by atoms with Crippen molar-refractivity contribution >= 4 is 8.60 Å². The van der Waals surface area contributed by atoms with Crippen molar-refractivity contribution in [2.24, 2.45) is 0 Å². The van der Waals surface area contributed by atoms with E-state index in [1.165, 1.54) is 5.56 Å². The van der Waals surface area contributed by atoms with Crippen LogP contribution in [0.25, 0.3) is 0 Å². The smallest absolute Gasteiger partial charge is 0.391 e. The Kier molecular flexibility index (Phi) is 7.26. The fraction of sp³-hybridized carbons (Fsp3) is 0.571. The zero-order chi connectivity index (χ0) is 13.4. The van der Waals surface area contributed by atoms with Gasteiger partial charge in [-0.15, -0.1) is 0 Å². The molecule has 3 nitrogen and oxygen atoms in total. The average molecular weight is 270 g/mol. The van der Waals surface area contributed by atoms with Crippen LogP contribution in [0.4, 0.5) is 0 Å². The Labute approximate surface area is 111 Å². The molecule has 0 aromatic heterocycles. The van der Waals surface area contributed by atoms with Crippen molar-refractivity contribution in [1.29, 1.82) is 0 Å². The molecule has 0 amide bonds. The van der Waals surface area contributed by atoms with E-state index in [-0.39, 0.29) is 0 Å². The van der Waals surface area contributed by atoms with E-state index in [1.54, 1.807) is 0 Å². The van der Waals surface area contributed by atoms with Gasteiger partial charge in [0.15, 0.2) is 0 Å². The average Bonchev–Trinajstić information content (AvgIpc) is 2.34. The van der Waals surface area contributed by atoms with Crippen LogP contribution in [0.5, 0.6) is 5.75 Å². The summed E-state index contributed by atoms with van der Waals surface area (Å²) in [7, 11) is -2.33. The van der Waals surface area contributed by atoms with Crippen LogP contribution in [0.1, 0.15) is 50.7 Å². The van der Waals surface area contributed by atoms with Gasteiger partial charge in [0, 0.05) is 0 Å². The highest BCUT2D eigenvalue weighted by atomic mass is 31.2. The molecule has 0 aliphatic carbocycles. The van der Waals surface area contributed by atoms with Crippen LogP contribution in [0.2, 0.25) is 0 Å². The topological polar surface area (TPSA) is 49.7 Å². The minimum absolute atomic E-state index is 0.633. The molecule has 1 rings (SSSR count). The van der Waals surface area contributed by atoms with Gasteiger partial charge in [-0.25, -0.2) is 0 Å². The SMILES string of the molecule is CCCCc1ccc(CCCC)c(OP(O)O)c1. The molecule has 1 aromatic rings. The number of rotatable bonds is 8. The molecule has 0 aliphatic rings. The fourth-order valence-corrected chi connectivity index (χ4v) is 2.23. The normalized spacial score (nSPS) is 10.9. The number of benzene rings is 1. The number of aryl methyl sites for hydroxylation is 2. The Bertz CT molecular complexity index is 353. The molecule has 0 spiro atoms. The van der Waals surface area contributed by atoms with Crippen LogP contribution < -0.4 is 4.52 Å². The van der Waals surface area contributed by atoms with Crippen molar-refractivity contribution < 1.29 is 14.3 Å². The minimum atomic E-state index is -2.33. The van der Waals surface area contributed by atoms with Crippen LogP contribution in [-0.2, 0) is 12.8 Å². The van der Waals surface area contributed by atoms with Crippen LogP contribution >= 0.6 is 8.60 Å². The van der Waals surface area contributed by atoms with E-state index in [9.17, 15) is 0 Å². The molecular weight excluding hydrogens is 247 g/mol. The maximum atomic E-state index is 9.02. The lowest BCUT2D eigenvalue weighted by Crippen LogP contribution is -1.95. The van der Waals surface area contributed by atoms with Gasteiger partial charge in [-0.3, -0.25) is 0 Å². The van der Waals surface area contributed by atoms with E-state index in [0.717, 1.165) is 44.1 Å². The second kappa shape index (κ2) is 8.47. The number of hydrogen-bond acceptors (Lipinski definition) is 3. The molecule has 0 aliphatic heterocycles. The van der Waals surface area contributed by atoms with Gasteiger partial charge in [0.25, 0.3) is 0 Å². The summed E-state index contributed by atoms with van der Waals surface area (Å²) >= 11 is 0. The van der Waals surface area contributed by atoms with E-state index in [1.807, 2.05) is 6.07 Å². The largest absolute Gasteiger partial charge is 0.427 e. The summed E-state index contributed by atoms with van der Waals surface area (Å²) in [6.07, 6.45) is 6.42. The molecule has 4 heteroatoms. The molecular formula is C14H23O3P. The summed E-state index contributed by atoms with van der Waals surface area (Å²) in [6.45, 7) is 4.30. The molecule has 0 fully saturated rings. The van der Waals surface area contributed by atoms with E-state index in [2.05, 4.69) is 26.0 Å². The predicted octanol–water partition coefficient (Wildman–Crippen LogP) is 3.96. The molecule has 0 saturated carbocycles. The predicted molar refractivity (Wildman–Crippen MR) is 75.7 cm³/mol. The third kappa shape index (κ3) is 5.34. The molecule has 0 radical (unpaired) electrons. The Balaban J connectivity index is 2.81. The second-order valence-corrected chi connectivity index (χ2v) is 5.18. The van der Waals surface area contributed by atoms with Crippen molar-refractivity contribution in [2.75, 3.05) is 0 Å². The lowest BCUT2D eigenvalue weighted by atomic mass is 10.0. The highest BCUT2D eigenvalue weighted by Gasteiger charge is 2.09. The molecule has 18 heavy (non-hydrogen) atoms. The highest BCUT2D eigenvalue weighted by molar-refractivity contribution is 7.39. The van der Waals surface area contributed by atoms with Crippen molar-refractivity contribution in [3.05, 3.63) is 29.3 Å². The highest BCUT2D eigenvalue weighted by Crippen LogP contribution is 2.33.